The highest BCUT2D eigenvalue weighted by molar-refractivity contribution is 9.10. The van der Waals surface area contributed by atoms with Gasteiger partial charge < -0.3 is 10.6 Å². The molecule has 1 fully saturated rings. The number of rotatable bonds is 7. The Bertz CT molecular complexity index is 842. The van der Waals surface area contributed by atoms with Crippen LogP contribution < -0.4 is 10.6 Å². The number of halogens is 2. The molecule has 2 N–H and O–H groups in total. The van der Waals surface area contributed by atoms with E-state index >= 15 is 0 Å². The molecule has 154 valence electrons. The molecule has 2 aromatic rings. The van der Waals surface area contributed by atoms with Gasteiger partial charge in [0.1, 0.15) is 0 Å². The standard InChI is InChI=1S/C21H24BrClN4O2/c22-17-6-7-19(18(23)12-17)25-21(29)15-27-10-8-26(9-11-27)14-20(28)24-13-16-4-2-1-3-5-16/h1-7,12H,8-11,13-15H2,(H,24,28)(H,25,29). The molecule has 0 saturated carbocycles. The molecule has 1 heterocycles. The topological polar surface area (TPSA) is 64.7 Å². The average Bonchev–Trinajstić information content (AvgIpc) is 2.71. The van der Waals surface area contributed by atoms with Crippen molar-refractivity contribution in [2.75, 3.05) is 44.6 Å². The van der Waals surface area contributed by atoms with Crippen molar-refractivity contribution in [2.45, 2.75) is 6.54 Å². The molecule has 0 radical (unpaired) electrons. The van der Waals surface area contributed by atoms with E-state index in [1.165, 1.54) is 0 Å². The summed E-state index contributed by atoms with van der Waals surface area (Å²) < 4.78 is 0.865. The lowest BCUT2D eigenvalue weighted by Gasteiger charge is -2.33. The fourth-order valence-electron chi connectivity index (χ4n) is 3.14. The van der Waals surface area contributed by atoms with Gasteiger partial charge in [0.25, 0.3) is 0 Å². The molecule has 0 bridgehead atoms. The first kappa shape index (κ1) is 21.8. The predicted molar refractivity (Wildman–Crippen MR) is 119 cm³/mol. The zero-order chi connectivity index (χ0) is 20.6. The van der Waals surface area contributed by atoms with Gasteiger partial charge in [0.15, 0.2) is 0 Å². The van der Waals surface area contributed by atoms with Crippen molar-refractivity contribution >= 4 is 45.0 Å². The summed E-state index contributed by atoms with van der Waals surface area (Å²) in [6, 6.07) is 15.2. The van der Waals surface area contributed by atoms with Gasteiger partial charge in [-0.15, -0.1) is 0 Å². The highest BCUT2D eigenvalue weighted by Gasteiger charge is 2.20. The largest absolute Gasteiger partial charge is 0.351 e. The van der Waals surface area contributed by atoms with E-state index in [0.717, 1.165) is 36.2 Å². The van der Waals surface area contributed by atoms with Gasteiger partial charge in [-0.1, -0.05) is 57.9 Å². The number of carbonyl (C=O) groups is 2. The molecule has 6 nitrogen and oxygen atoms in total. The zero-order valence-corrected chi connectivity index (χ0v) is 18.4. The van der Waals surface area contributed by atoms with E-state index in [2.05, 4.69) is 36.4 Å². The fraction of sp³-hybridized carbons (Fsp3) is 0.333. The fourth-order valence-corrected chi connectivity index (χ4v) is 3.87. The lowest BCUT2D eigenvalue weighted by atomic mass is 10.2. The molecule has 8 heteroatoms. The summed E-state index contributed by atoms with van der Waals surface area (Å²) in [5.74, 6) is -0.0757. The number of nitrogens with one attached hydrogen (secondary N) is 2. The maximum Gasteiger partial charge on any atom is 0.238 e. The molecule has 0 aromatic heterocycles. The lowest BCUT2D eigenvalue weighted by molar-refractivity contribution is -0.123. The summed E-state index contributed by atoms with van der Waals surface area (Å²) in [5, 5.41) is 6.30. The summed E-state index contributed by atoms with van der Waals surface area (Å²) in [5.41, 5.74) is 1.69. The van der Waals surface area contributed by atoms with Crippen LogP contribution in [0.1, 0.15) is 5.56 Å². The van der Waals surface area contributed by atoms with E-state index < -0.39 is 0 Å². The molecule has 1 aliphatic rings. The third-order valence-electron chi connectivity index (χ3n) is 4.74. The van der Waals surface area contributed by atoms with Crippen LogP contribution in [0.25, 0.3) is 0 Å². The van der Waals surface area contributed by atoms with Gasteiger partial charge in [0.2, 0.25) is 11.8 Å². The number of benzene rings is 2. The number of hydrogen-bond acceptors (Lipinski definition) is 4. The Hall–Kier alpha value is -1.93. The summed E-state index contributed by atoms with van der Waals surface area (Å²) in [6.45, 7) is 4.22. The first-order valence-electron chi connectivity index (χ1n) is 9.50. The molecule has 0 unspecified atom stereocenters. The molecule has 0 spiro atoms. The molecular weight excluding hydrogens is 456 g/mol. The molecule has 3 rings (SSSR count). The van der Waals surface area contributed by atoms with Gasteiger partial charge in [0.05, 0.1) is 23.8 Å². The molecule has 2 amide bonds. The highest BCUT2D eigenvalue weighted by atomic mass is 79.9. The Morgan fingerprint density at radius 3 is 2.17 bits per heavy atom. The number of hydrogen-bond donors (Lipinski definition) is 2. The Labute approximate surface area is 184 Å². The third kappa shape index (κ3) is 7.12. The Morgan fingerprint density at radius 2 is 1.55 bits per heavy atom. The van der Waals surface area contributed by atoms with Gasteiger partial charge in [-0.3, -0.25) is 19.4 Å². The monoisotopic (exact) mass is 478 g/mol. The first-order chi connectivity index (χ1) is 14.0. The predicted octanol–water partition coefficient (Wildman–Crippen LogP) is 2.98. The lowest BCUT2D eigenvalue weighted by Crippen LogP contribution is -2.50. The van der Waals surface area contributed by atoms with Crippen LogP contribution in [0, 0.1) is 0 Å². The SMILES string of the molecule is O=C(CN1CCN(CC(=O)Nc2ccc(Br)cc2Cl)CC1)NCc1ccccc1. The number of amides is 2. The second-order valence-electron chi connectivity index (χ2n) is 6.99. The number of carbonyl (C=O) groups excluding carboxylic acids is 2. The van der Waals surface area contributed by atoms with Crippen LogP contribution in [0.15, 0.2) is 53.0 Å². The van der Waals surface area contributed by atoms with E-state index in [-0.39, 0.29) is 11.8 Å². The highest BCUT2D eigenvalue weighted by Crippen LogP contribution is 2.25. The van der Waals surface area contributed by atoms with E-state index in [1.54, 1.807) is 12.1 Å². The van der Waals surface area contributed by atoms with Crippen molar-refractivity contribution in [1.82, 2.24) is 15.1 Å². The molecule has 1 aliphatic heterocycles. The summed E-state index contributed by atoms with van der Waals surface area (Å²) in [4.78, 5) is 28.6. The van der Waals surface area contributed by atoms with Crippen LogP contribution in [0.4, 0.5) is 5.69 Å². The maximum absolute atomic E-state index is 12.3. The van der Waals surface area contributed by atoms with Gasteiger partial charge >= 0.3 is 0 Å². The van der Waals surface area contributed by atoms with E-state index in [1.807, 2.05) is 36.4 Å². The second kappa shape index (κ2) is 10.7. The number of piperazine rings is 1. The Balaban J connectivity index is 1.36. The van der Waals surface area contributed by atoms with Gasteiger partial charge in [0, 0.05) is 37.2 Å². The number of anilines is 1. The van der Waals surface area contributed by atoms with E-state index in [9.17, 15) is 9.59 Å². The molecular formula is C21H24BrClN4O2. The number of nitrogens with zero attached hydrogens (tertiary/aromatic N) is 2. The molecule has 2 aromatic carbocycles. The maximum atomic E-state index is 12.3. The third-order valence-corrected chi connectivity index (χ3v) is 5.54. The van der Waals surface area contributed by atoms with Crippen molar-refractivity contribution in [3.05, 3.63) is 63.6 Å². The average molecular weight is 480 g/mol. The van der Waals surface area contributed by atoms with Crippen molar-refractivity contribution in [3.63, 3.8) is 0 Å². The van der Waals surface area contributed by atoms with Gasteiger partial charge in [-0.2, -0.15) is 0 Å². The van der Waals surface area contributed by atoms with Crippen molar-refractivity contribution in [2.24, 2.45) is 0 Å². The molecule has 0 atom stereocenters. The van der Waals surface area contributed by atoms with Crippen molar-refractivity contribution in [3.8, 4) is 0 Å². The Kier molecular flexibility index (Phi) is 8.06. The van der Waals surface area contributed by atoms with Crippen LogP contribution >= 0.6 is 27.5 Å². The first-order valence-corrected chi connectivity index (χ1v) is 10.7. The Morgan fingerprint density at radius 1 is 0.931 bits per heavy atom. The summed E-state index contributed by atoms with van der Waals surface area (Å²) >= 11 is 9.49. The van der Waals surface area contributed by atoms with Gasteiger partial charge in [-0.05, 0) is 23.8 Å². The normalized spacial score (nSPS) is 15.1. The van der Waals surface area contributed by atoms with Crippen LogP contribution in [0.3, 0.4) is 0 Å². The van der Waals surface area contributed by atoms with E-state index in [0.29, 0.717) is 30.3 Å². The quantitative estimate of drug-likeness (QED) is 0.641. The smallest absolute Gasteiger partial charge is 0.238 e. The second-order valence-corrected chi connectivity index (χ2v) is 8.31. The molecule has 29 heavy (non-hydrogen) atoms. The minimum atomic E-state index is -0.0942. The van der Waals surface area contributed by atoms with Crippen LogP contribution in [0.2, 0.25) is 5.02 Å². The summed E-state index contributed by atoms with van der Waals surface area (Å²) in [7, 11) is 0. The molecule has 1 saturated heterocycles. The minimum absolute atomic E-state index is 0.0185. The van der Waals surface area contributed by atoms with Crippen LogP contribution in [-0.4, -0.2) is 60.9 Å². The van der Waals surface area contributed by atoms with Crippen molar-refractivity contribution < 1.29 is 9.59 Å². The van der Waals surface area contributed by atoms with Crippen molar-refractivity contribution in [1.29, 1.82) is 0 Å². The minimum Gasteiger partial charge on any atom is -0.351 e. The summed E-state index contributed by atoms with van der Waals surface area (Å²) in [6.07, 6.45) is 0. The van der Waals surface area contributed by atoms with Crippen LogP contribution in [-0.2, 0) is 16.1 Å². The van der Waals surface area contributed by atoms with Crippen LogP contribution in [0.5, 0.6) is 0 Å². The molecule has 0 aliphatic carbocycles. The van der Waals surface area contributed by atoms with Gasteiger partial charge in [-0.25, -0.2) is 0 Å². The van der Waals surface area contributed by atoms with E-state index in [4.69, 9.17) is 11.6 Å². The zero-order valence-electron chi connectivity index (χ0n) is 16.0.